The van der Waals surface area contributed by atoms with Crippen LogP contribution in [-0.2, 0) is 14.8 Å². The number of aromatic nitrogens is 1. The number of rotatable bonds is 7. The van der Waals surface area contributed by atoms with Gasteiger partial charge in [-0.2, -0.15) is 4.31 Å². The minimum atomic E-state index is -3.41. The molecule has 0 unspecified atom stereocenters. The normalized spacial score (nSPS) is 14.5. The molecule has 1 saturated heterocycles. The zero-order valence-electron chi connectivity index (χ0n) is 17.6. The lowest BCUT2D eigenvalue weighted by Crippen LogP contribution is -2.27. The van der Waals surface area contributed by atoms with E-state index in [0.29, 0.717) is 23.1 Å². The fourth-order valence-electron chi connectivity index (χ4n) is 3.21. The van der Waals surface area contributed by atoms with Crippen molar-refractivity contribution in [2.75, 3.05) is 18.4 Å². The van der Waals surface area contributed by atoms with Gasteiger partial charge in [0.25, 0.3) is 0 Å². The van der Waals surface area contributed by atoms with Crippen LogP contribution in [0.5, 0.6) is 0 Å². The fraction of sp³-hybridized carbons (Fsp3) is 0.524. The van der Waals surface area contributed by atoms with E-state index in [-0.39, 0.29) is 13.3 Å². The Bertz CT molecular complexity index is 888. The summed E-state index contributed by atoms with van der Waals surface area (Å²) in [5, 5.41) is 5.31. The zero-order chi connectivity index (χ0) is 21.4. The Labute approximate surface area is 179 Å². The fourth-order valence-corrected chi connectivity index (χ4v) is 5.45. The molecule has 3 rings (SSSR count). The van der Waals surface area contributed by atoms with Gasteiger partial charge in [-0.3, -0.25) is 4.79 Å². The first kappa shape index (κ1) is 23.5. The standard InChI is InChI=1S/C19H25N3O3S2.C2H6.H2/c1-3-14(4-2)18(23)21-19-20-17(13-26-19)15-7-9-16(10-8-15)27(24,25)22-11-5-6-12-22;1-2;/h7-10,13-14H,3-6,11-12H2,1-2H3,(H,20,21,23);1-2H3;1H. The Hall–Kier alpha value is -1.77. The third kappa shape index (κ3) is 5.65. The predicted molar refractivity (Wildman–Crippen MR) is 122 cm³/mol. The number of hydrogen-bond acceptors (Lipinski definition) is 5. The maximum atomic E-state index is 12.6. The van der Waals surface area contributed by atoms with E-state index in [1.807, 2.05) is 33.1 Å². The Morgan fingerprint density at radius 2 is 1.76 bits per heavy atom. The molecule has 1 aromatic carbocycles. The highest BCUT2D eigenvalue weighted by atomic mass is 32.2. The molecule has 2 heterocycles. The first-order valence-corrected chi connectivity index (χ1v) is 12.6. The number of nitrogens with one attached hydrogen (secondary N) is 1. The molecule has 1 aliphatic heterocycles. The summed E-state index contributed by atoms with van der Waals surface area (Å²) in [5.41, 5.74) is 1.56. The van der Waals surface area contributed by atoms with E-state index in [9.17, 15) is 13.2 Å². The monoisotopic (exact) mass is 439 g/mol. The third-order valence-electron chi connectivity index (χ3n) is 4.94. The number of hydrogen-bond donors (Lipinski definition) is 1. The van der Waals surface area contributed by atoms with Crippen molar-refractivity contribution in [3.8, 4) is 11.3 Å². The summed E-state index contributed by atoms with van der Waals surface area (Å²) < 4.78 is 26.7. The summed E-state index contributed by atoms with van der Waals surface area (Å²) >= 11 is 1.37. The van der Waals surface area contributed by atoms with Gasteiger partial charge in [0, 0.05) is 31.4 Å². The summed E-state index contributed by atoms with van der Waals surface area (Å²) in [6.45, 7) is 9.18. The minimum Gasteiger partial charge on any atom is -0.302 e. The van der Waals surface area contributed by atoms with Crippen molar-refractivity contribution in [1.29, 1.82) is 0 Å². The number of thiazole rings is 1. The molecule has 1 N–H and O–H groups in total. The molecular weight excluding hydrogens is 406 g/mol. The number of carbonyl (C=O) groups is 1. The van der Waals surface area contributed by atoms with Gasteiger partial charge < -0.3 is 5.32 Å². The van der Waals surface area contributed by atoms with Crippen LogP contribution in [-0.4, -0.2) is 36.7 Å². The molecule has 1 fully saturated rings. The second-order valence-electron chi connectivity index (χ2n) is 6.68. The highest BCUT2D eigenvalue weighted by Crippen LogP contribution is 2.28. The molecule has 8 heteroatoms. The maximum Gasteiger partial charge on any atom is 0.243 e. The molecule has 1 aromatic heterocycles. The van der Waals surface area contributed by atoms with Crippen LogP contribution >= 0.6 is 11.3 Å². The highest BCUT2D eigenvalue weighted by Gasteiger charge is 2.27. The Morgan fingerprint density at radius 1 is 1.17 bits per heavy atom. The third-order valence-corrected chi connectivity index (χ3v) is 7.61. The Morgan fingerprint density at radius 3 is 2.31 bits per heavy atom. The molecule has 0 saturated carbocycles. The van der Waals surface area contributed by atoms with Gasteiger partial charge in [-0.15, -0.1) is 11.3 Å². The van der Waals surface area contributed by atoms with E-state index < -0.39 is 10.0 Å². The van der Waals surface area contributed by atoms with Crippen molar-refractivity contribution in [3.63, 3.8) is 0 Å². The van der Waals surface area contributed by atoms with E-state index >= 15 is 0 Å². The molecule has 162 valence electrons. The zero-order valence-corrected chi connectivity index (χ0v) is 19.3. The van der Waals surface area contributed by atoms with Crippen molar-refractivity contribution in [1.82, 2.24) is 9.29 Å². The molecule has 29 heavy (non-hydrogen) atoms. The predicted octanol–water partition coefficient (Wildman–Crippen LogP) is 5.24. The van der Waals surface area contributed by atoms with Crippen LogP contribution < -0.4 is 5.32 Å². The molecule has 1 aliphatic rings. The number of carbonyl (C=O) groups excluding carboxylic acids is 1. The van der Waals surface area contributed by atoms with Crippen molar-refractivity contribution >= 4 is 32.4 Å². The number of anilines is 1. The number of sulfonamides is 1. The summed E-state index contributed by atoms with van der Waals surface area (Å²) in [6.07, 6.45) is 3.43. The van der Waals surface area contributed by atoms with Crippen LogP contribution in [0.15, 0.2) is 34.5 Å². The molecular formula is C21H33N3O3S2. The lowest BCUT2D eigenvalue weighted by molar-refractivity contribution is -0.120. The minimum absolute atomic E-state index is 0. The van der Waals surface area contributed by atoms with Crippen molar-refractivity contribution in [3.05, 3.63) is 29.6 Å². The average molecular weight is 440 g/mol. The van der Waals surface area contributed by atoms with Crippen molar-refractivity contribution in [2.45, 2.75) is 58.3 Å². The van der Waals surface area contributed by atoms with E-state index in [1.54, 1.807) is 24.3 Å². The molecule has 0 aliphatic carbocycles. The summed E-state index contributed by atoms with van der Waals surface area (Å²) in [5.74, 6) is -0.0135. The summed E-state index contributed by atoms with van der Waals surface area (Å²) in [6, 6.07) is 6.80. The topological polar surface area (TPSA) is 79.4 Å². The first-order valence-electron chi connectivity index (χ1n) is 10.3. The Kier molecular flexibility index (Phi) is 8.79. The average Bonchev–Trinajstić information content (AvgIpc) is 3.43. The summed E-state index contributed by atoms with van der Waals surface area (Å²) in [4.78, 5) is 17.0. The number of nitrogens with zero attached hydrogens (tertiary/aromatic N) is 2. The molecule has 6 nitrogen and oxygen atoms in total. The molecule has 0 radical (unpaired) electrons. The van der Waals surface area contributed by atoms with Crippen LogP contribution in [0, 0.1) is 5.92 Å². The van der Waals surface area contributed by atoms with Crippen LogP contribution in [0.1, 0.15) is 54.8 Å². The van der Waals surface area contributed by atoms with E-state index in [0.717, 1.165) is 36.9 Å². The molecule has 2 aromatic rings. The van der Waals surface area contributed by atoms with Gasteiger partial charge in [-0.25, -0.2) is 13.4 Å². The second-order valence-corrected chi connectivity index (χ2v) is 9.47. The highest BCUT2D eigenvalue weighted by molar-refractivity contribution is 7.89. The van der Waals surface area contributed by atoms with Crippen LogP contribution in [0.2, 0.25) is 0 Å². The lowest BCUT2D eigenvalue weighted by atomic mass is 10.0. The van der Waals surface area contributed by atoms with Crippen LogP contribution in [0.25, 0.3) is 11.3 Å². The van der Waals surface area contributed by atoms with Crippen molar-refractivity contribution < 1.29 is 14.6 Å². The second kappa shape index (κ2) is 10.8. The Balaban J connectivity index is 0.00000146. The molecule has 0 bridgehead atoms. The number of amides is 1. The van der Waals surface area contributed by atoms with E-state index in [2.05, 4.69) is 10.3 Å². The van der Waals surface area contributed by atoms with Crippen LogP contribution in [0.4, 0.5) is 5.13 Å². The van der Waals surface area contributed by atoms with Gasteiger partial charge in [-0.05, 0) is 37.8 Å². The molecule has 0 spiro atoms. The van der Waals surface area contributed by atoms with Gasteiger partial charge in [-0.1, -0.05) is 39.8 Å². The molecule has 0 atom stereocenters. The van der Waals surface area contributed by atoms with E-state index in [1.165, 1.54) is 15.6 Å². The van der Waals surface area contributed by atoms with Crippen LogP contribution in [0.3, 0.4) is 0 Å². The quantitative estimate of drug-likeness (QED) is 0.640. The van der Waals surface area contributed by atoms with Gasteiger partial charge in [0.2, 0.25) is 15.9 Å². The van der Waals surface area contributed by atoms with Gasteiger partial charge in [0.05, 0.1) is 10.6 Å². The first-order chi connectivity index (χ1) is 14.0. The lowest BCUT2D eigenvalue weighted by Gasteiger charge is -2.15. The maximum absolute atomic E-state index is 12.6. The largest absolute Gasteiger partial charge is 0.302 e. The molecule has 1 amide bonds. The van der Waals surface area contributed by atoms with Gasteiger partial charge >= 0.3 is 0 Å². The SMILES string of the molecule is CC.CCC(CC)C(=O)Nc1nc(-c2ccc(S(=O)(=O)N3CCCC3)cc2)cs1.[HH]. The van der Waals surface area contributed by atoms with Gasteiger partial charge in [0.1, 0.15) is 0 Å². The smallest absolute Gasteiger partial charge is 0.243 e. The summed E-state index contributed by atoms with van der Waals surface area (Å²) in [7, 11) is -3.41. The van der Waals surface area contributed by atoms with Crippen molar-refractivity contribution in [2.24, 2.45) is 5.92 Å². The number of benzene rings is 1. The van der Waals surface area contributed by atoms with E-state index in [4.69, 9.17) is 0 Å². The van der Waals surface area contributed by atoms with Gasteiger partial charge in [0.15, 0.2) is 5.13 Å².